The Balaban J connectivity index is 2.61. The van der Waals surface area contributed by atoms with E-state index >= 15 is 0 Å². The van der Waals surface area contributed by atoms with Crippen LogP contribution in [0.3, 0.4) is 0 Å². The van der Waals surface area contributed by atoms with Crippen molar-refractivity contribution in [3.8, 4) is 5.75 Å². The van der Waals surface area contributed by atoms with Crippen LogP contribution in [0.2, 0.25) is 0 Å². The molecule has 1 aromatic rings. The third-order valence-corrected chi connectivity index (χ3v) is 3.87. The van der Waals surface area contributed by atoms with Crippen molar-refractivity contribution in [3.05, 3.63) is 28.8 Å². The molecular formula is C15H17F3N2O3. The molecule has 1 fully saturated rings. The highest BCUT2D eigenvalue weighted by atomic mass is 19.3. The number of carbonyl (C=O) groups is 2. The lowest BCUT2D eigenvalue weighted by Gasteiger charge is -2.20. The standard InChI is InChI=1S/C15H17F3N2O3/c1-23-13-9(15(19)22)3-2-8(12(21)11(16)14(17)18)10(13)7-4-5-20-6-7/h2-3,7,11,14,20H,4-6H2,1H3,(H2,19,22). The average Bonchev–Trinajstić information content (AvgIpc) is 3.05. The van der Waals surface area contributed by atoms with Gasteiger partial charge in [-0.15, -0.1) is 0 Å². The van der Waals surface area contributed by atoms with Gasteiger partial charge in [-0.25, -0.2) is 13.2 Å². The van der Waals surface area contributed by atoms with Crippen LogP contribution in [0.25, 0.3) is 0 Å². The predicted molar refractivity (Wildman–Crippen MR) is 77.0 cm³/mol. The third kappa shape index (κ3) is 3.31. The van der Waals surface area contributed by atoms with E-state index < -0.39 is 24.3 Å². The number of methoxy groups -OCH3 is 1. The van der Waals surface area contributed by atoms with E-state index in [-0.39, 0.29) is 28.4 Å². The molecule has 3 N–H and O–H groups in total. The van der Waals surface area contributed by atoms with Gasteiger partial charge in [-0.05, 0) is 25.1 Å². The highest BCUT2D eigenvalue weighted by molar-refractivity contribution is 6.04. The predicted octanol–water partition coefficient (Wildman–Crippen LogP) is 1.66. The van der Waals surface area contributed by atoms with Crippen molar-refractivity contribution >= 4 is 11.7 Å². The smallest absolute Gasteiger partial charge is 0.276 e. The van der Waals surface area contributed by atoms with Gasteiger partial charge in [-0.3, -0.25) is 9.59 Å². The second-order valence-electron chi connectivity index (χ2n) is 5.26. The molecule has 0 bridgehead atoms. The van der Waals surface area contributed by atoms with Crippen molar-refractivity contribution in [2.75, 3.05) is 20.2 Å². The van der Waals surface area contributed by atoms with Crippen LogP contribution in [0.15, 0.2) is 12.1 Å². The average molecular weight is 330 g/mol. The van der Waals surface area contributed by atoms with E-state index in [1.165, 1.54) is 13.2 Å². The number of hydrogen-bond acceptors (Lipinski definition) is 4. The Hall–Kier alpha value is -2.09. The molecule has 1 amide bonds. The van der Waals surface area contributed by atoms with Gasteiger partial charge in [0, 0.05) is 23.6 Å². The first-order chi connectivity index (χ1) is 10.9. The number of ether oxygens (including phenoxy) is 1. The Bertz CT molecular complexity index is 616. The highest BCUT2D eigenvalue weighted by Crippen LogP contribution is 2.37. The number of benzene rings is 1. The van der Waals surface area contributed by atoms with Crippen molar-refractivity contribution in [1.29, 1.82) is 0 Å². The second kappa shape index (κ2) is 6.99. The quantitative estimate of drug-likeness (QED) is 0.777. The lowest BCUT2D eigenvalue weighted by Crippen LogP contribution is -2.26. The lowest BCUT2D eigenvalue weighted by molar-refractivity contribution is 0.0410. The number of primary amides is 1. The van der Waals surface area contributed by atoms with E-state index in [0.29, 0.717) is 19.5 Å². The summed E-state index contributed by atoms with van der Waals surface area (Å²) in [5.41, 5.74) is 5.36. The molecule has 1 aliphatic rings. The number of carbonyl (C=O) groups excluding carboxylic acids is 2. The van der Waals surface area contributed by atoms with Crippen molar-refractivity contribution in [2.24, 2.45) is 5.73 Å². The second-order valence-corrected chi connectivity index (χ2v) is 5.26. The van der Waals surface area contributed by atoms with E-state index in [0.717, 1.165) is 6.07 Å². The summed E-state index contributed by atoms with van der Waals surface area (Å²) >= 11 is 0. The zero-order valence-electron chi connectivity index (χ0n) is 12.4. The minimum absolute atomic E-state index is 0.0263. The van der Waals surface area contributed by atoms with Crippen molar-refractivity contribution in [2.45, 2.75) is 24.9 Å². The molecule has 0 saturated carbocycles. The number of ketones is 1. The Labute approximate surface area is 131 Å². The Morgan fingerprint density at radius 2 is 1.96 bits per heavy atom. The Morgan fingerprint density at radius 3 is 2.43 bits per heavy atom. The van der Waals surface area contributed by atoms with Gasteiger partial charge < -0.3 is 15.8 Å². The maximum atomic E-state index is 13.5. The molecule has 2 unspecified atom stereocenters. The van der Waals surface area contributed by atoms with Crippen LogP contribution >= 0.6 is 0 Å². The van der Waals surface area contributed by atoms with Crippen LogP contribution in [0.5, 0.6) is 5.75 Å². The summed E-state index contributed by atoms with van der Waals surface area (Å²) < 4.78 is 43.8. The number of amides is 1. The summed E-state index contributed by atoms with van der Waals surface area (Å²) in [5, 5.41) is 3.06. The SMILES string of the molecule is COc1c(C(N)=O)ccc(C(=O)C(F)C(F)F)c1C1CCNC1. The first-order valence-corrected chi connectivity index (χ1v) is 7.06. The summed E-state index contributed by atoms with van der Waals surface area (Å²) in [6, 6.07) is 2.35. The van der Waals surface area contributed by atoms with Crippen LogP contribution in [0.4, 0.5) is 13.2 Å². The number of alkyl halides is 3. The van der Waals surface area contributed by atoms with Crippen molar-refractivity contribution < 1.29 is 27.5 Å². The molecule has 8 heteroatoms. The molecule has 0 aliphatic carbocycles. The molecule has 0 radical (unpaired) electrons. The zero-order chi connectivity index (χ0) is 17.1. The molecule has 2 rings (SSSR count). The molecule has 1 aromatic carbocycles. The van der Waals surface area contributed by atoms with E-state index in [2.05, 4.69) is 5.32 Å². The van der Waals surface area contributed by atoms with Gasteiger partial charge in [0.1, 0.15) is 5.75 Å². The number of rotatable bonds is 6. The van der Waals surface area contributed by atoms with Gasteiger partial charge in [0.15, 0.2) is 0 Å². The number of halogens is 3. The van der Waals surface area contributed by atoms with E-state index in [9.17, 15) is 22.8 Å². The summed E-state index contributed by atoms with van der Waals surface area (Å²) in [6.45, 7) is 1.11. The summed E-state index contributed by atoms with van der Waals surface area (Å²) in [4.78, 5) is 23.6. The summed E-state index contributed by atoms with van der Waals surface area (Å²) in [6.07, 6.45) is -5.74. The summed E-state index contributed by atoms with van der Waals surface area (Å²) in [5.74, 6) is -2.32. The molecule has 23 heavy (non-hydrogen) atoms. The van der Waals surface area contributed by atoms with Crippen molar-refractivity contribution in [3.63, 3.8) is 0 Å². The number of nitrogens with one attached hydrogen (secondary N) is 1. The number of hydrogen-bond donors (Lipinski definition) is 2. The van der Waals surface area contributed by atoms with Crippen molar-refractivity contribution in [1.82, 2.24) is 5.32 Å². The molecule has 0 aromatic heterocycles. The van der Waals surface area contributed by atoms with Gasteiger partial charge in [-0.2, -0.15) is 0 Å². The van der Waals surface area contributed by atoms with Gasteiger partial charge in [0.25, 0.3) is 12.3 Å². The minimum atomic E-state index is -3.42. The van der Waals surface area contributed by atoms with Crippen LogP contribution < -0.4 is 15.8 Å². The summed E-state index contributed by atoms with van der Waals surface area (Å²) in [7, 11) is 1.28. The van der Waals surface area contributed by atoms with E-state index in [1.54, 1.807) is 0 Å². The first kappa shape index (κ1) is 17.3. The molecule has 1 aliphatic heterocycles. The fourth-order valence-electron chi connectivity index (χ4n) is 2.80. The fraction of sp³-hybridized carbons (Fsp3) is 0.467. The minimum Gasteiger partial charge on any atom is -0.496 e. The van der Waals surface area contributed by atoms with Gasteiger partial charge >= 0.3 is 0 Å². The van der Waals surface area contributed by atoms with Crippen LogP contribution in [0, 0.1) is 0 Å². The van der Waals surface area contributed by atoms with Crippen LogP contribution in [-0.4, -0.2) is 44.5 Å². The van der Waals surface area contributed by atoms with Gasteiger partial charge in [-0.1, -0.05) is 0 Å². The molecule has 2 atom stereocenters. The maximum absolute atomic E-state index is 13.5. The van der Waals surface area contributed by atoms with Gasteiger partial charge in [0.2, 0.25) is 12.0 Å². The monoisotopic (exact) mass is 330 g/mol. The number of Topliss-reactive ketones (excluding diaryl/α,β-unsaturated/α-hetero) is 1. The molecular weight excluding hydrogens is 313 g/mol. The van der Waals surface area contributed by atoms with E-state index in [4.69, 9.17) is 10.5 Å². The molecule has 0 spiro atoms. The molecule has 1 saturated heterocycles. The largest absolute Gasteiger partial charge is 0.496 e. The fourth-order valence-corrected chi connectivity index (χ4v) is 2.80. The first-order valence-electron chi connectivity index (χ1n) is 7.06. The van der Waals surface area contributed by atoms with E-state index in [1.807, 2.05) is 0 Å². The van der Waals surface area contributed by atoms with Gasteiger partial charge in [0.05, 0.1) is 12.7 Å². The third-order valence-electron chi connectivity index (χ3n) is 3.87. The highest BCUT2D eigenvalue weighted by Gasteiger charge is 2.35. The van der Waals surface area contributed by atoms with Crippen LogP contribution in [-0.2, 0) is 0 Å². The molecule has 126 valence electrons. The normalized spacial score (nSPS) is 18.9. The Kier molecular flexibility index (Phi) is 5.25. The van der Waals surface area contributed by atoms with Crippen LogP contribution in [0.1, 0.15) is 38.6 Å². The Morgan fingerprint density at radius 1 is 1.30 bits per heavy atom. The topological polar surface area (TPSA) is 81.4 Å². The molecule has 5 nitrogen and oxygen atoms in total. The lowest BCUT2D eigenvalue weighted by atomic mass is 9.87. The zero-order valence-corrected chi connectivity index (χ0v) is 12.4. The number of nitrogens with two attached hydrogens (primary N) is 1. The maximum Gasteiger partial charge on any atom is 0.276 e. The molecule has 1 heterocycles.